The Morgan fingerprint density at radius 3 is 2.58 bits per heavy atom. The molecule has 160 valence electrons. The zero-order valence-corrected chi connectivity index (χ0v) is 18.8. The highest BCUT2D eigenvalue weighted by atomic mass is 35.5. The summed E-state index contributed by atoms with van der Waals surface area (Å²) in [5.74, 6) is 1.73. The van der Waals surface area contributed by atoms with E-state index in [9.17, 15) is 4.79 Å². The van der Waals surface area contributed by atoms with Gasteiger partial charge in [-0.3, -0.25) is 4.79 Å². The third-order valence-corrected chi connectivity index (χ3v) is 5.80. The maximum absolute atomic E-state index is 12.9. The van der Waals surface area contributed by atoms with E-state index in [0.717, 1.165) is 11.4 Å². The Morgan fingerprint density at radius 1 is 1.06 bits per heavy atom. The van der Waals surface area contributed by atoms with Crippen molar-refractivity contribution in [2.75, 3.05) is 24.5 Å². The summed E-state index contributed by atoms with van der Waals surface area (Å²) in [6, 6.07) is 14.4. The van der Waals surface area contributed by atoms with Gasteiger partial charge >= 0.3 is 0 Å². The summed E-state index contributed by atoms with van der Waals surface area (Å²) >= 11 is 12.2. The predicted octanol–water partition coefficient (Wildman–Crippen LogP) is 5.24. The second kappa shape index (κ2) is 9.12. The molecule has 3 aromatic rings. The van der Waals surface area contributed by atoms with Gasteiger partial charge in [-0.05, 0) is 55.8 Å². The van der Waals surface area contributed by atoms with Gasteiger partial charge in [0.2, 0.25) is 5.88 Å². The van der Waals surface area contributed by atoms with Gasteiger partial charge in [-0.15, -0.1) is 0 Å². The van der Waals surface area contributed by atoms with E-state index in [1.165, 1.54) is 6.33 Å². The van der Waals surface area contributed by atoms with Crippen LogP contribution in [0.3, 0.4) is 0 Å². The number of anilines is 1. The van der Waals surface area contributed by atoms with Gasteiger partial charge in [-0.1, -0.05) is 29.3 Å². The van der Waals surface area contributed by atoms with Gasteiger partial charge in [0, 0.05) is 42.3 Å². The summed E-state index contributed by atoms with van der Waals surface area (Å²) in [5, 5.41) is 1.14. The number of carbonyl (C=O) groups excluding carboxylic acids is 1. The highest BCUT2D eigenvalue weighted by molar-refractivity contribution is 6.32. The molecular weight excluding hydrogens is 435 g/mol. The summed E-state index contributed by atoms with van der Waals surface area (Å²) in [5.41, 5.74) is 1.68. The molecule has 0 N–H and O–H groups in total. The van der Waals surface area contributed by atoms with E-state index in [-0.39, 0.29) is 11.9 Å². The average molecular weight is 457 g/mol. The number of nitrogens with zero attached hydrogens (tertiary/aromatic N) is 4. The number of amides is 1. The van der Waals surface area contributed by atoms with Gasteiger partial charge in [-0.2, -0.15) is 0 Å². The van der Waals surface area contributed by atoms with Crippen LogP contribution in [0, 0.1) is 6.92 Å². The van der Waals surface area contributed by atoms with Crippen molar-refractivity contribution < 1.29 is 9.53 Å². The fourth-order valence-electron chi connectivity index (χ4n) is 3.59. The topological polar surface area (TPSA) is 58.6 Å². The number of hydrogen-bond acceptors (Lipinski definition) is 5. The van der Waals surface area contributed by atoms with Crippen LogP contribution in [0.1, 0.15) is 22.8 Å². The normalized spacial score (nSPS) is 16.3. The minimum Gasteiger partial charge on any atom is -0.437 e. The molecule has 1 fully saturated rings. The lowest BCUT2D eigenvalue weighted by Crippen LogP contribution is -2.54. The van der Waals surface area contributed by atoms with E-state index in [1.807, 2.05) is 30.9 Å². The first-order chi connectivity index (χ1) is 14.9. The number of halogens is 2. The van der Waals surface area contributed by atoms with Gasteiger partial charge in [0.1, 0.15) is 17.9 Å². The van der Waals surface area contributed by atoms with Gasteiger partial charge in [0.05, 0.1) is 5.02 Å². The number of aryl methyl sites for hydroxylation is 1. The summed E-state index contributed by atoms with van der Waals surface area (Å²) in [6.45, 7) is 5.91. The van der Waals surface area contributed by atoms with Crippen LogP contribution in [-0.4, -0.2) is 46.5 Å². The van der Waals surface area contributed by atoms with Crippen LogP contribution in [0.25, 0.3) is 0 Å². The number of rotatable bonds is 4. The molecule has 0 bridgehead atoms. The van der Waals surface area contributed by atoms with Crippen molar-refractivity contribution in [1.29, 1.82) is 0 Å². The van der Waals surface area contributed by atoms with E-state index in [1.54, 1.807) is 36.4 Å². The number of hydrogen-bond donors (Lipinski definition) is 0. The highest BCUT2D eigenvalue weighted by Gasteiger charge is 2.29. The molecule has 8 heteroatoms. The van der Waals surface area contributed by atoms with Crippen molar-refractivity contribution in [3.8, 4) is 11.6 Å². The van der Waals surface area contributed by atoms with Crippen LogP contribution in [-0.2, 0) is 0 Å². The maximum atomic E-state index is 12.9. The Balaban J connectivity index is 1.45. The van der Waals surface area contributed by atoms with E-state index >= 15 is 0 Å². The monoisotopic (exact) mass is 456 g/mol. The fourth-order valence-corrected chi connectivity index (χ4v) is 3.87. The van der Waals surface area contributed by atoms with Gasteiger partial charge in [0.25, 0.3) is 5.91 Å². The van der Waals surface area contributed by atoms with Crippen molar-refractivity contribution in [2.45, 2.75) is 19.9 Å². The standard InChI is InChI=1S/C23H22Cl2N4O2/c1-15-3-8-19(25)20(11-15)31-22-12-21(26-14-27-22)28-9-10-29(16(2)13-28)23(30)17-4-6-18(24)7-5-17/h3-8,11-12,14,16H,9-10,13H2,1-2H3/t16-/m1/s1. The molecule has 1 amide bonds. The zero-order valence-electron chi connectivity index (χ0n) is 17.3. The van der Waals surface area contributed by atoms with Crippen LogP contribution in [0.2, 0.25) is 10.0 Å². The minimum absolute atomic E-state index is 0.00427. The van der Waals surface area contributed by atoms with Crippen molar-refractivity contribution in [2.24, 2.45) is 0 Å². The average Bonchev–Trinajstić information content (AvgIpc) is 2.76. The smallest absolute Gasteiger partial charge is 0.254 e. The van der Waals surface area contributed by atoms with Crippen molar-refractivity contribution in [3.63, 3.8) is 0 Å². The van der Waals surface area contributed by atoms with Gasteiger partial charge < -0.3 is 14.5 Å². The lowest BCUT2D eigenvalue weighted by Gasteiger charge is -2.40. The second-order valence-corrected chi connectivity index (χ2v) is 8.39. The number of ether oxygens (including phenoxy) is 1. The Labute approximate surface area is 191 Å². The first-order valence-electron chi connectivity index (χ1n) is 9.98. The van der Waals surface area contributed by atoms with E-state index in [2.05, 4.69) is 14.9 Å². The molecule has 0 saturated carbocycles. The molecule has 31 heavy (non-hydrogen) atoms. The molecule has 1 aliphatic heterocycles. The summed E-state index contributed by atoms with van der Waals surface area (Å²) in [7, 11) is 0. The minimum atomic E-state index is 0.00427. The highest BCUT2D eigenvalue weighted by Crippen LogP contribution is 2.30. The molecule has 1 atom stereocenters. The quantitative estimate of drug-likeness (QED) is 0.537. The maximum Gasteiger partial charge on any atom is 0.254 e. The van der Waals surface area contributed by atoms with Crippen LogP contribution in [0.15, 0.2) is 54.9 Å². The fraction of sp³-hybridized carbons (Fsp3) is 0.261. The Bertz CT molecular complexity index is 1090. The van der Waals surface area contributed by atoms with E-state index in [0.29, 0.717) is 46.9 Å². The Hall–Kier alpha value is -2.83. The molecule has 0 radical (unpaired) electrons. The molecule has 2 heterocycles. The zero-order chi connectivity index (χ0) is 22.0. The summed E-state index contributed by atoms with van der Waals surface area (Å²) < 4.78 is 5.89. The van der Waals surface area contributed by atoms with E-state index in [4.69, 9.17) is 27.9 Å². The molecule has 0 unspecified atom stereocenters. The third-order valence-electron chi connectivity index (χ3n) is 5.23. The van der Waals surface area contributed by atoms with Crippen LogP contribution < -0.4 is 9.64 Å². The Morgan fingerprint density at radius 2 is 1.84 bits per heavy atom. The number of benzene rings is 2. The molecule has 0 aliphatic carbocycles. The molecule has 0 spiro atoms. The molecular formula is C23H22Cl2N4O2. The Kier molecular flexibility index (Phi) is 6.30. The molecule has 1 aliphatic rings. The molecule has 2 aromatic carbocycles. The molecule has 1 saturated heterocycles. The third kappa shape index (κ3) is 4.92. The van der Waals surface area contributed by atoms with Crippen LogP contribution >= 0.6 is 23.2 Å². The van der Waals surface area contributed by atoms with Crippen LogP contribution in [0.4, 0.5) is 5.82 Å². The molecule has 1 aromatic heterocycles. The predicted molar refractivity (Wildman–Crippen MR) is 122 cm³/mol. The van der Waals surface area contributed by atoms with Crippen molar-refractivity contribution in [1.82, 2.24) is 14.9 Å². The second-order valence-electron chi connectivity index (χ2n) is 7.55. The largest absolute Gasteiger partial charge is 0.437 e. The molecule has 4 rings (SSSR count). The summed E-state index contributed by atoms with van der Waals surface area (Å²) in [6.07, 6.45) is 1.48. The van der Waals surface area contributed by atoms with E-state index < -0.39 is 0 Å². The van der Waals surface area contributed by atoms with Gasteiger partial charge in [0.15, 0.2) is 0 Å². The lowest BCUT2D eigenvalue weighted by molar-refractivity contribution is 0.0673. The van der Waals surface area contributed by atoms with Crippen molar-refractivity contribution >= 4 is 34.9 Å². The molecule has 6 nitrogen and oxygen atoms in total. The summed E-state index contributed by atoms with van der Waals surface area (Å²) in [4.78, 5) is 25.5. The van der Waals surface area contributed by atoms with Gasteiger partial charge in [-0.25, -0.2) is 9.97 Å². The first-order valence-corrected chi connectivity index (χ1v) is 10.7. The number of carbonyl (C=O) groups is 1. The first kappa shape index (κ1) is 21.4. The number of aromatic nitrogens is 2. The van der Waals surface area contributed by atoms with Crippen molar-refractivity contribution in [3.05, 3.63) is 76.0 Å². The number of piperazine rings is 1. The SMILES string of the molecule is Cc1ccc(Cl)c(Oc2cc(N3CCN(C(=O)c4ccc(Cl)cc4)[C@H](C)C3)ncn2)c1. The lowest BCUT2D eigenvalue weighted by atomic mass is 10.1. The van der Waals surface area contributed by atoms with Crippen LogP contribution in [0.5, 0.6) is 11.6 Å².